The van der Waals surface area contributed by atoms with Crippen molar-refractivity contribution in [1.82, 2.24) is 9.55 Å². The molecule has 0 bridgehead atoms. The first-order chi connectivity index (χ1) is 5.76. The van der Waals surface area contributed by atoms with Crippen LogP contribution in [0.5, 0.6) is 0 Å². The topological polar surface area (TPSA) is 37.8 Å². The van der Waals surface area contributed by atoms with Crippen LogP contribution in [0, 0.1) is 5.41 Å². The molecule has 1 aliphatic rings. The van der Waals surface area contributed by atoms with E-state index in [1.807, 2.05) is 6.20 Å². The maximum atomic E-state index is 11.1. The summed E-state index contributed by atoms with van der Waals surface area (Å²) in [7, 11) is 0. The van der Waals surface area contributed by atoms with Crippen molar-refractivity contribution in [2.24, 2.45) is 5.41 Å². The van der Waals surface area contributed by atoms with Crippen LogP contribution < -0.4 is 5.69 Å². The molecule has 0 radical (unpaired) electrons. The van der Waals surface area contributed by atoms with E-state index in [2.05, 4.69) is 11.9 Å². The molecular formula is C9H14N2O. The first kappa shape index (κ1) is 7.65. The molecule has 1 aromatic heterocycles. The molecule has 0 unspecified atom stereocenters. The molecule has 3 heteroatoms. The van der Waals surface area contributed by atoms with E-state index in [0.717, 1.165) is 6.54 Å². The molecular weight excluding hydrogens is 152 g/mol. The summed E-state index contributed by atoms with van der Waals surface area (Å²) in [6, 6.07) is 0. The summed E-state index contributed by atoms with van der Waals surface area (Å²) in [5.74, 6) is 0. The van der Waals surface area contributed by atoms with Crippen LogP contribution >= 0.6 is 0 Å². The number of aromatic amines is 1. The van der Waals surface area contributed by atoms with Crippen molar-refractivity contribution in [3.05, 3.63) is 22.9 Å². The van der Waals surface area contributed by atoms with Gasteiger partial charge in [0.05, 0.1) is 0 Å². The number of rotatable bonds is 3. The predicted octanol–water partition coefficient (Wildman–Crippen LogP) is 1.37. The SMILES string of the molecule is CCC1(Cn2cc[nH]c2=O)CC1. The number of imidazole rings is 1. The van der Waals surface area contributed by atoms with E-state index in [1.54, 1.807) is 10.8 Å². The Kier molecular flexibility index (Phi) is 1.60. The third kappa shape index (κ3) is 1.19. The van der Waals surface area contributed by atoms with Crippen LogP contribution in [0.15, 0.2) is 17.2 Å². The molecule has 0 spiro atoms. The van der Waals surface area contributed by atoms with E-state index in [1.165, 1.54) is 19.3 Å². The summed E-state index contributed by atoms with van der Waals surface area (Å²) < 4.78 is 1.77. The third-order valence-electron chi connectivity index (χ3n) is 2.94. The zero-order valence-electron chi connectivity index (χ0n) is 7.34. The molecule has 2 rings (SSSR count). The first-order valence-corrected chi connectivity index (χ1v) is 4.50. The van der Waals surface area contributed by atoms with Crippen molar-refractivity contribution < 1.29 is 0 Å². The van der Waals surface area contributed by atoms with Gasteiger partial charge in [-0.15, -0.1) is 0 Å². The van der Waals surface area contributed by atoms with Crippen LogP contribution in [-0.4, -0.2) is 9.55 Å². The lowest BCUT2D eigenvalue weighted by Crippen LogP contribution is -2.21. The van der Waals surface area contributed by atoms with Crippen LogP contribution in [0.25, 0.3) is 0 Å². The summed E-state index contributed by atoms with van der Waals surface area (Å²) in [6.45, 7) is 3.09. The number of hydrogen-bond acceptors (Lipinski definition) is 1. The number of nitrogens with one attached hydrogen (secondary N) is 1. The van der Waals surface area contributed by atoms with Gasteiger partial charge in [-0.25, -0.2) is 4.79 Å². The Morgan fingerprint density at radius 1 is 1.67 bits per heavy atom. The van der Waals surface area contributed by atoms with E-state index in [9.17, 15) is 4.79 Å². The maximum absolute atomic E-state index is 11.1. The molecule has 1 N–H and O–H groups in total. The van der Waals surface area contributed by atoms with Crippen LogP contribution in [0.3, 0.4) is 0 Å². The van der Waals surface area contributed by atoms with Gasteiger partial charge in [-0.3, -0.25) is 4.57 Å². The lowest BCUT2D eigenvalue weighted by Gasteiger charge is -2.11. The largest absolute Gasteiger partial charge is 0.325 e. The van der Waals surface area contributed by atoms with Gasteiger partial charge in [-0.2, -0.15) is 0 Å². The summed E-state index contributed by atoms with van der Waals surface area (Å²) in [5, 5.41) is 0. The van der Waals surface area contributed by atoms with Gasteiger partial charge in [0, 0.05) is 18.9 Å². The van der Waals surface area contributed by atoms with Crippen molar-refractivity contribution in [3.63, 3.8) is 0 Å². The Morgan fingerprint density at radius 2 is 2.42 bits per heavy atom. The third-order valence-corrected chi connectivity index (χ3v) is 2.94. The Hall–Kier alpha value is -0.990. The quantitative estimate of drug-likeness (QED) is 0.723. The molecule has 0 saturated heterocycles. The second-order valence-electron chi connectivity index (χ2n) is 3.75. The zero-order chi connectivity index (χ0) is 8.60. The summed E-state index contributed by atoms with van der Waals surface area (Å²) >= 11 is 0. The summed E-state index contributed by atoms with van der Waals surface area (Å²) in [5.41, 5.74) is 0.473. The number of aromatic nitrogens is 2. The van der Waals surface area contributed by atoms with Crippen molar-refractivity contribution >= 4 is 0 Å². The minimum absolute atomic E-state index is 0.0229. The molecule has 66 valence electrons. The van der Waals surface area contributed by atoms with Gasteiger partial charge in [-0.1, -0.05) is 6.92 Å². The van der Waals surface area contributed by atoms with Crippen molar-refractivity contribution in [2.45, 2.75) is 32.7 Å². The number of hydrogen-bond donors (Lipinski definition) is 1. The van der Waals surface area contributed by atoms with Gasteiger partial charge in [0.1, 0.15) is 0 Å². The van der Waals surface area contributed by atoms with E-state index in [0.29, 0.717) is 5.41 Å². The monoisotopic (exact) mass is 166 g/mol. The fraction of sp³-hybridized carbons (Fsp3) is 0.667. The second kappa shape index (κ2) is 2.51. The van der Waals surface area contributed by atoms with Gasteiger partial charge in [0.15, 0.2) is 0 Å². The highest BCUT2D eigenvalue weighted by Crippen LogP contribution is 2.49. The highest BCUT2D eigenvalue weighted by molar-refractivity contribution is 4.93. The van der Waals surface area contributed by atoms with Crippen molar-refractivity contribution in [1.29, 1.82) is 0 Å². The zero-order valence-corrected chi connectivity index (χ0v) is 7.34. The lowest BCUT2D eigenvalue weighted by molar-refractivity contribution is 0.403. The van der Waals surface area contributed by atoms with Crippen molar-refractivity contribution in [2.75, 3.05) is 0 Å². The molecule has 3 nitrogen and oxygen atoms in total. The molecule has 0 atom stereocenters. The molecule has 0 aromatic carbocycles. The Balaban J connectivity index is 2.14. The van der Waals surface area contributed by atoms with E-state index < -0.39 is 0 Å². The van der Waals surface area contributed by atoms with Crippen LogP contribution in [0.4, 0.5) is 0 Å². The van der Waals surface area contributed by atoms with E-state index in [-0.39, 0.29) is 5.69 Å². The van der Waals surface area contributed by atoms with Gasteiger partial charge < -0.3 is 4.98 Å². The van der Waals surface area contributed by atoms with E-state index in [4.69, 9.17) is 0 Å². The van der Waals surface area contributed by atoms with Gasteiger partial charge in [-0.05, 0) is 24.7 Å². The number of H-pyrrole nitrogens is 1. The fourth-order valence-corrected chi connectivity index (χ4v) is 1.64. The summed E-state index contributed by atoms with van der Waals surface area (Å²) in [6.07, 6.45) is 7.28. The van der Waals surface area contributed by atoms with Gasteiger partial charge >= 0.3 is 5.69 Å². The molecule has 1 heterocycles. The molecule has 1 aliphatic carbocycles. The van der Waals surface area contributed by atoms with Crippen LogP contribution in [0.2, 0.25) is 0 Å². The second-order valence-corrected chi connectivity index (χ2v) is 3.75. The van der Waals surface area contributed by atoms with E-state index >= 15 is 0 Å². The normalized spacial score (nSPS) is 19.4. The minimum atomic E-state index is 0.0229. The fourth-order valence-electron chi connectivity index (χ4n) is 1.64. The maximum Gasteiger partial charge on any atom is 0.325 e. The minimum Gasteiger partial charge on any atom is -0.313 e. The molecule has 0 aliphatic heterocycles. The standard InChI is InChI=1S/C9H14N2O/c1-2-9(3-4-9)7-11-6-5-10-8(11)12/h5-6H,2-4,7H2,1H3,(H,10,12). The average molecular weight is 166 g/mol. The Morgan fingerprint density at radius 3 is 2.83 bits per heavy atom. The molecule has 1 saturated carbocycles. The Labute approximate surface area is 71.4 Å². The molecule has 12 heavy (non-hydrogen) atoms. The molecule has 1 aromatic rings. The van der Waals surface area contributed by atoms with Gasteiger partial charge in [0.2, 0.25) is 0 Å². The molecule has 1 fully saturated rings. The predicted molar refractivity (Wildman–Crippen MR) is 47.0 cm³/mol. The summed E-state index contributed by atoms with van der Waals surface area (Å²) in [4.78, 5) is 13.8. The van der Waals surface area contributed by atoms with Crippen LogP contribution in [-0.2, 0) is 6.54 Å². The highest BCUT2D eigenvalue weighted by atomic mass is 16.1. The smallest absolute Gasteiger partial charge is 0.313 e. The molecule has 0 amide bonds. The first-order valence-electron chi connectivity index (χ1n) is 4.50. The Bertz CT molecular complexity index is 319. The lowest BCUT2D eigenvalue weighted by atomic mass is 10.0. The number of nitrogens with zero attached hydrogens (tertiary/aromatic N) is 1. The van der Waals surface area contributed by atoms with Crippen LogP contribution in [0.1, 0.15) is 26.2 Å². The van der Waals surface area contributed by atoms with Crippen molar-refractivity contribution in [3.8, 4) is 0 Å². The highest BCUT2D eigenvalue weighted by Gasteiger charge is 2.40. The average Bonchev–Trinajstić information content (AvgIpc) is 2.74. The van der Waals surface area contributed by atoms with Gasteiger partial charge in [0.25, 0.3) is 0 Å².